The molecule has 2 aromatic heterocycles. The van der Waals surface area contributed by atoms with E-state index in [4.69, 9.17) is 0 Å². The molecule has 0 spiro atoms. The number of benzene rings is 1. The van der Waals surface area contributed by atoms with E-state index in [0.29, 0.717) is 5.52 Å². The first-order valence-electron chi connectivity index (χ1n) is 7.77. The van der Waals surface area contributed by atoms with Crippen molar-refractivity contribution in [1.29, 1.82) is 0 Å². The van der Waals surface area contributed by atoms with Gasteiger partial charge in [-0.15, -0.1) is 0 Å². The minimum absolute atomic E-state index is 0.216. The van der Waals surface area contributed by atoms with Gasteiger partial charge in [0.15, 0.2) is 0 Å². The maximum absolute atomic E-state index is 12.8. The Morgan fingerprint density at radius 2 is 1.91 bits per heavy atom. The third-order valence-corrected chi connectivity index (χ3v) is 6.12. The highest BCUT2D eigenvalue weighted by Crippen LogP contribution is 2.34. The van der Waals surface area contributed by atoms with Crippen LogP contribution in [0.1, 0.15) is 25.0 Å². The van der Waals surface area contributed by atoms with Crippen LogP contribution in [0.5, 0.6) is 0 Å². The van der Waals surface area contributed by atoms with Crippen LogP contribution >= 0.6 is 0 Å². The van der Waals surface area contributed by atoms with Gasteiger partial charge in [-0.25, -0.2) is 18.4 Å². The number of H-pyrrole nitrogens is 1. The van der Waals surface area contributed by atoms with E-state index in [9.17, 15) is 8.42 Å². The maximum Gasteiger partial charge on any atom is 0.210 e. The third-order valence-electron chi connectivity index (χ3n) is 4.34. The zero-order valence-electron chi connectivity index (χ0n) is 12.6. The molecule has 6 heteroatoms. The van der Waals surface area contributed by atoms with Crippen LogP contribution in [0.2, 0.25) is 0 Å². The lowest BCUT2D eigenvalue weighted by Gasteiger charge is -2.04. The Labute approximate surface area is 134 Å². The summed E-state index contributed by atoms with van der Waals surface area (Å²) in [5.41, 5.74) is 2.12. The molecule has 0 amide bonds. The van der Waals surface area contributed by atoms with E-state index in [1.807, 2.05) is 0 Å². The summed E-state index contributed by atoms with van der Waals surface area (Å²) in [6, 6.07) is 8.44. The molecular formula is C17H17N3O2S. The molecule has 2 heterocycles. The summed E-state index contributed by atoms with van der Waals surface area (Å²) in [6.45, 7) is 0. The quantitative estimate of drug-likeness (QED) is 0.781. The second-order valence-corrected chi connectivity index (χ2v) is 7.91. The van der Waals surface area contributed by atoms with Crippen molar-refractivity contribution < 1.29 is 8.42 Å². The van der Waals surface area contributed by atoms with Crippen molar-refractivity contribution >= 4 is 20.9 Å². The number of hydrogen-bond acceptors (Lipinski definition) is 4. The van der Waals surface area contributed by atoms with Crippen molar-refractivity contribution in [2.45, 2.75) is 35.5 Å². The molecule has 5 nitrogen and oxygen atoms in total. The molecule has 0 radical (unpaired) electrons. The molecule has 1 aliphatic carbocycles. The standard InChI is InChI=1S/C17H17N3O2S/c21-23(22,13-4-2-1-3-5-13)15-10-18-16-14(9-8-12-6-7-12)19-11-20-17(15)16/h1-5,10-12,18H,6-9H2. The molecule has 1 saturated carbocycles. The monoisotopic (exact) mass is 327 g/mol. The van der Waals surface area contributed by atoms with E-state index in [-0.39, 0.29) is 9.79 Å². The molecule has 4 rings (SSSR count). The fourth-order valence-electron chi connectivity index (χ4n) is 2.84. The van der Waals surface area contributed by atoms with Crippen molar-refractivity contribution in [3.05, 3.63) is 48.5 Å². The highest BCUT2D eigenvalue weighted by atomic mass is 32.2. The van der Waals surface area contributed by atoms with Crippen LogP contribution in [0.15, 0.2) is 52.6 Å². The summed E-state index contributed by atoms with van der Waals surface area (Å²) in [4.78, 5) is 12.1. The normalized spacial score (nSPS) is 15.1. The summed E-state index contributed by atoms with van der Waals surface area (Å²) in [6.07, 6.45) is 7.55. The number of hydrogen-bond donors (Lipinski definition) is 1. The summed E-state index contributed by atoms with van der Waals surface area (Å²) in [5.74, 6) is 0.808. The summed E-state index contributed by atoms with van der Waals surface area (Å²) >= 11 is 0. The lowest BCUT2D eigenvalue weighted by molar-refractivity contribution is 0.597. The van der Waals surface area contributed by atoms with Gasteiger partial charge in [-0.1, -0.05) is 31.0 Å². The molecule has 1 aromatic carbocycles. The van der Waals surface area contributed by atoms with E-state index < -0.39 is 9.84 Å². The van der Waals surface area contributed by atoms with Gasteiger partial charge < -0.3 is 4.98 Å². The van der Waals surface area contributed by atoms with Crippen LogP contribution in [0, 0.1) is 5.92 Å². The van der Waals surface area contributed by atoms with Crippen molar-refractivity contribution in [2.24, 2.45) is 5.92 Å². The van der Waals surface area contributed by atoms with Crippen molar-refractivity contribution in [1.82, 2.24) is 15.0 Å². The molecule has 1 aliphatic rings. The van der Waals surface area contributed by atoms with Gasteiger partial charge in [0.25, 0.3) is 0 Å². The first kappa shape index (κ1) is 14.4. The van der Waals surface area contributed by atoms with Crippen LogP contribution in [0.25, 0.3) is 11.0 Å². The minimum Gasteiger partial charge on any atom is -0.357 e. The number of aromatic nitrogens is 3. The molecule has 1 N–H and O–H groups in total. The first-order valence-corrected chi connectivity index (χ1v) is 9.25. The molecule has 0 saturated heterocycles. The zero-order chi connectivity index (χ0) is 15.9. The van der Waals surface area contributed by atoms with Gasteiger partial charge in [0.05, 0.1) is 16.1 Å². The second kappa shape index (κ2) is 5.45. The van der Waals surface area contributed by atoms with Gasteiger partial charge >= 0.3 is 0 Å². The van der Waals surface area contributed by atoms with Crippen molar-refractivity contribution in [2.75, 3.05) is 0 Å². The maximum atomic E-state index is 12.8. The first-order chi connectivity index (χ1) is 11.2. The molecule has 0 atom stereocenters. The van der Waals surface area contributed by atoms with Gasteiger partial charge in [-0.05, 0) is 30.9 Å². The Balaban J connectivity index is 1.78. The number of fused-ring (bicyclic) bond motifs is 1. The van der Waals surface area contributed by atoms with E-state index >= 15 is 0 Å². The molecule has 118 valence electrons. The Morgan fingerprint density at radius 3 is 2.65 bits per heavy atom. The van der Waals surface area contributed by atoms with E-state index in [0.717, 1.165) is 30.0 Å². The Morgan fingerprint density at radius 1 is 1.13 bits per heavy atom. The highest BCUT2D eigenvalue weighted by Gasteiger charge is 2.25. The van der Waals surface area contributed by atoms with E-state index in [1.165, 1.54) is 25.4 Å². The lowest BCUT2D eigenvalue weighted by Crippen LogP contribution is -2.02. The number of sulfone groups is 1. The van der Waals surface area contributed by atoms with Crippen LogP contribution in [0.3, 0.4) is 0 Å². The molecular weight excluding hydrogens is 310 g/mol. The summed E-state index contributed by atoms with van der Waals surface area (Å²) in [5, 5.41) is 0. The fourth-order valence-corrected chi connectivity index (χ4v) is 4.23. The topological polar surface area (TPSA) is 75.7 Å². The second-order valence-electron chi connectivity index (χ2n) is 6.00. The van der Waals surface area contributed by atoms with Crippen LogP contribution in [-0.4, -0.2) is 23.4 Å². The lowest BCUT2D eigenvalue weighted by atomic mass is 10.1. The van der Waals surface area contributed by atoms with Gasteiger partial charge in [0.2, 0.25) is 9.84 Å². The number of aryl methyl sites for hydroxylation is 1. The van der Waals surface area contributed by atoms with Crippen molar-refractivity contribution in [3.8, 4) is 0 Å². The van der Waals surface area contributed by atoms with Crippen LogP contribution in [-0.2, 0) is 16.3 Å². The molecule has 3 aromatic rings. The summed E-state index contributed by atoms with van der Waals surface area (Å²) < 4.78 is 25.6. The van der Waals surface area contributed by atoms with Crippen molar-refractivity contribution in [3.63, 3.8) is 0 Å². The average Bonchev–Trinajstić information content (AvgIpc) is 3.29. The van der Waals surface area contributed by atoms with Gasteiger partial charge in [0.1, 0.15) is 16.7 Å². The Kier molecular flexibility index (Phi) is 3.41. The predicted molar refractivity (Wildman–Crippen MR) is 86.8 cm³/mol. The zero-order valence-corrected chi connectivity index (χ0v) is 13.4. The molecule has 0 aliphatic heterocycles. The van der Waals surface area contributed by atoms with E-state index in [1.54, 1.807) is 30.3 Å². The molecule has 1 fully saturated rings. The van der Waals surface area contributed by atoms with Gasteiger partial charge in [-0.2, -0.15) is 0 Å². The number of rotatable bonds is 5. The Bertz CT molecular complexity index is 944. The SMILES string of the molecule is O=S(=O)(c1ccccc1)c1c[nH]c2c(CCC3CC3)ncnc12. The molecule has 0 bridgehead atoms. The average molecular weight is 327 g/mol. The predicted octanol–water partition coefficient (Wildman–Crippen LogP) is 3.13. The highest BCUT2D eigenvalue weighted by molar-refractivity contribution is 7.91. The number of nitrogens with one attached hydrogen (secondary N) is 1. The van der Waals surface area contributed by atoms with E-state index in [2.05, 4.69) is 15.0 Å². The molecule has 23 heavy (non-hydrogen) atoms. The van der Waals surface area contributed by atoms with Gasteiger partial charge in [0, 0.05) is 6.20 Å². The third kappa shape index (κ3) is 2.63. The number of aromatic amines is 1. The Hall–Kier alpha value is -2.21. The fraction of sp³-hybridized carbons (Fsp3) is 0.294. The summed E-state index contributed by atoms with van der Waals surface area (Å²) in [7, 11) is -3.58. The van der Waals surface area contributed by atoms with Crippen LogP contribution in [0.4, 0.5) is 0 Å². The smallest absolute Gasteiger partial charge is 0.210 e. The largest absolute Gasteiger partial charge is 0.357 e. The molecule has 0 unspecified atom stereocenters. The number of nitrogens with zero attached hydrogens (tertiary/aromatic N) is 2. The van der Waals surface area contributed by atoms with Crippen LogP contribution < -0.4 is 0 Å². The van der Waals surface area contributed by atoms with Gasteiger partial charge in [-0.3, -0.25) is 0 Å². The minimum atomic E-state index is -3.58.